The first-order chi connectivity index (χ1) is 14.6. The standard InChI is InChI=1S/C22H22ClFN4O2/c23-18-5-1-15(2-6-18)13-25-22(29)17-9-11-28(12-10-17)14-20-26-21(27-30-20)16-3-7-19(24)8-4-16/h1-8,17H,9-14H2,(H,25,29). The highest BCUT2D eigenvalue weighted by Gasteiger charge is 2.25. The average Bonchev–Trinajstić information content (AvgIpc) is 3.22. The predicted molar refractivity (Wildman–Crippen MR) is 111 cm³/mol. The Balaban J connectivity index is 1.24. The normalized spacial score (nSPS) is 15.3. The SMILES string of the molecule is O=C(NCc1ccc(Cl)cc1)C1CCN(Cc2nc(-c3ccc(F)cc3)no2)CC1. The van der Waals surface area contributed by atoms with Gasteiger partial charge in [0.1, 0.15) is 5.82 Å². The molecule has 1 aliphatic heterocycles. The van der Waals surface area contributed by atoms with E-state index >= 15 is 0 Å². The minimum absolute atomic E-state index is 0.00557. The molecule has 0 radical (unpaired) electrons. The number of piperidine rings is 1. The first-order valence-electron chi connectivity index (χ1n) is 9.90. The first kappa shape index (κ1) is 20.5. The van der Waals surface area contributed by atoms with Gasteiger partial charge in [-0.3, -0.25) is 9.69 Å². The molecule has 1 fully saturated rings. The van der Waals surface area contributed by atoms with Crippen LogP contribution in [-0.4, -0.2) is 34.0 Å². The lowest BCUT2D eigenvalue weighted by molar-refractivity contribution is -0.126. The van der Waals surface area contributed by atoms with Crippen molar-refractivity contribution in [2.45, 2.75) is 25.9 Å². The first-order valence-corrected chi connectivity index (χ1v) is 10.3. The molecule has 1 aromatic heterocycles. The summed E-state index contributed by atoms with van der Waals surface area (Å²) in [6.07, 6.45) is 1.57. The van der Waals surface area contributed by atoms with Crippen LogP contribution >= 0.6 is 11.6 Å². The molecule has 156 valence electrons. The van der Waals surface area contributed by atoms with Crippen LogP contribution in [0.4, 0.5) is 4.39 Å². The van der Waals surface area contributed by atoms with Gasteiger partial charge >= 0.3 is 0 Å². The topological polar surface area (TPSA) is 71.3 Å². The monoisotopic (exact) mass is 428 g/mol. The molecule has 0 spiro atoms. The van der Waals surface area contributed by atoms with E-state index in [9.17, 15) is 9.18 Å². The van der Waals surface area contributed by atoms with Crippen LogP contribution in [-0.2, 0) is 17.9 Å². The molecule has 1 saturated heterocycles. The number of likely N-dealkylation sites (tertiary alicyclic amines) is 1. The van der Waals surface area contributed by atoms with Crippen molar-refractivity contribution < 1.29 is 13.7 Å². The number of halogens is 2. The van der Waals surface area contributed by atoms with Crippen LogP contribution in [0.1, 0.15) is 24.3 Å². The molecule has 1 aliphatic rings. The van der Waals surface area contributed by atoms with Crippen molar-refractivity contribution in [3.8, 4) is 11.4 Å². The van der Waals surface area contributed by atoms with Gasteiger partial charge in [-0.15, -0.1) is 0 Å². The average molecular weight is 429 g/mol. The van der Waals surface area contributed by atoms with Crippen molar-refractivity contribution in [3.05, 3.63) is 70.8 Å². The number of benzene rings is 2. The summed E-state index contributed by atoms with van der Waals surface area (Å²) < 4.78 is 18.4. The Bertz CT molecular complexity index is 983. The fourth-order valence-corrected chi connectivity index (χ4v) is 3.64. The molecule has 0 unspecified atom stereocenters. The number of hydrogen-bond acceptors (Lipinski definition) is 5. The van der Waals surface area contributed by atoms with Crippen molar-refractivity contribution in [1.29, 1.82) is 0 Å². The maximum atomic E-state index is 13.1. The van der Waals surface area contributed by atoms with Gasteiger partial charge in [-0.25, -0.2) is 4.39 Å². The van der Waals surface area contributed by atoms with Gasteiger partial charge in [0.2, 0.25) is 17.6 Å². The van der Waals surface area contributed by atoms with Gasteiger partial charge in [0, 0.05) is 23.0 Å². The molecule has 30 heavy (non-hydrogen) atoms. The van der Waals surface area contributed by atoms with E-state index in [0.29, 0.717) is 35.4 Å². The number of carbonyl (C=O) groups excluding carboxylic acids is 1. The van der Waals surface area contributed by atoms with E-state index in [1.807, 2.05) is 24.3 Å². The van der Waals surface area contributed by atoms with Crippen LogP contribution in [0.2, 0.25) is 5.02 Å². The number of aromatic nitrogens is 2. The molecule has 0 saturated carbocycles. The van der Waals surface area contributed by atoms with Crippen LogP contribution < -0.4 is 5.32 Å². The molecule has 2 aromatic carbocycles. The molecule has 0 bridgehead atoms. The lowest BCUT2D eigenvalue weighted by Crippen LogP contribution is -2.40. The highest BCUT2D eigenvalue weighted by atomic mass is 35.5. The van der Waals surface area contributed by atoms with Crippen molar-refractivity contribution in [1.82, 2.24) is 20.4 Å². The number of nitrogens with one attached hydrogen (secondary N) is 1. The zero-order chi connectivity index (χ0) is 20.9. The molecular formula is C22H22ClFN4O2. The summed E-state index contributed by atoms with van der Waals surface area (Å²) in [5, 5.41) is 7.67. The minimum Gasteiger partial charge on any atom is -0.352 e. The van der Waals surface area contributed by atoms with Crippen LogP contribution in [0.3, 0.4) is 0 Å². The molecule has 0 atom stereocenters. The predicted octanol–water partition coefficient (Wildman–Crippen LogP) is 4.06. The molecule has 1 amide bonds. The molecule has 0 aliphatic carbocycles. The molecule has 8 heteroatoms. The Morgan fingerprint density at radius 1 is 1.13 bits per heavy atom. The second-order valence-corrected chi connectivity index (χ2v) is 7.85. The summed E-state index contributed by atoms with van der Waals surface area (Å²) in [7, 11) is 0. The Labute approximate surface area is 179 Å². The van der Waals surface area contributed by atoms with E-state index in [-0.39, 0.29) is 17.6 Å². The minimum atomic E-state index is -0.303. The largest absolute Gasteiger partial charge is 0.352 e. The van der Waals surface area contributed by atoms with Crippen LogP contribution in [0, 0.1) is 11.7 Å². The van der Waals surface area contributed by atoms with E-state index in [4.69, 9.17) is 16.1 Å². The molecule has 1 N–H and O–H groups in total. The van der Waals surface area contributed by atoms with Gasteiger partial charge in [-0.1, -0.05) is 28.9 Å². The van der Waals surface area contributed by atoms with Gasteiger partial charge in [0.15, 0.2) is 0 Å². The summed E-state index contributed by atoms with van der Waals surface area (Å²) in [6, 6.07) is 13.4. The van der Waals surface area contributed by atoms with E-state index in [1.54, 1.807) is 12.1 Å². The van der Waals surface area contributed by atoms with E-state index in [0.717, 1.165) is 31.5 Å². The second kappa shape index (κ2) is 9.36. The lowest BCUT2D eigenvalue weighted by Gasteiger charge is -2.30. The molecule has 3 aromatic rings. The third kappa shape index (κ3) is 5.23. The maximum absolute atomic E-state index is 13.1. The Morgan fingerprint density at radius 3 is 2.53 bits per heavy atom. The van der Waals surface area contributed by atoms with E-state index < -0.39 is 0 Å². The van der Waals surface area contributed by atoms with Crippen LogP contribution in [0.15, 0.2) is 53.1 Å². The van der Waals surface area contributed by atoms with Crippen LogP contribution in [0.25, 0.3) is 11.4 Å². The van der Waals surface area contributed by atoms with E-state index in [2.05, 4.69) is 20.4 Å². The second-order valence-electron chi connectivity index (χ2n) is 7.41. The third-order valence-electron chi connectivity index (χ3n) is 5.27. The summed E-state index contributed by atoms with van der Waals surface area (Å²) >= 11 is 5.89. The van der Waals surface area contributed by atoms with Crippen LogP contribution in [0.5, 0.6) is 0 Å². The fraction of sp³-hybridized carbons (Fsp3) is 0.318. The Kier molecular flexibility index (Phi) is 6.40. The molecular weight excluding hydrogens is 407 g/mol. The number of nitrogens with zero attached hydrogens (tertiary/aromatic N) is 3. The quantitative estimate of drug-likeness (QED) is 0.641. The summed E-state index contributed by atoms with van der Waals surface area (Å²) in [5.74, 6) is 0.746. The number of hydrogen-bond donors (Lipinski definition) is 1. The molecule has 4 rings (SSSR count). The zero-order valence-electron chi connectivity index (χ0n) is 16.4. The highest BCUT2D eigenvalue weighted by molar-refractivity contribution is 6.30. The van der Waals surface area contributed by atoms with Gasteiger partial charge in [0.05, 0.1) is 6.54 Å². The molecule has 6 nitrogen and oxygen atoms in total. The van der Waals surface area contributed by atoms with E-state index in [1.165, 1.54) is 12.1 Å². The van der Waals surface area contributed by atoms with Crippen molar-refractivity contribution in [3.63, 3.8) is 0 Å². The van der Waals surface area contributed by atoms with Crippen molar-refractivity contribution >= 4 is 17.5 Å². The zero-order valence-corrected chi connectivity index (χ0v) is 17.1. The Morgan fingerprint density at radius 2 is 1.83 bits per heavy atom. The molecule has 2 heterocycles. The smallest absolute Gasteiger partial charge is 0.241 e. The number of carbonyl (C=O) groups is 1. The summed E-state index contributed by atoms with van der Waals surface area (Å²) in [5.41, 5.74) is 1.74. The Hall–Kier alpha value is -2.77. The summed E-state index contributed by atoms with van der Waals surface area (Å²) in [6.45, 7) is 2.61. The van der Waals surface area contributed by atoms with Gasteiger partial charge in [-0.2, -0.15) is 4.98 Å². The summed E-state index contributed by atoms with van der Waals surface area (Å²) in [4.78, 5) is 19.1. The van der Waals surface area contributed by atoms with Crippen molar-refractivity contribution in [2.24, 2.45) is 5.92 Å². The highest BCUT2D eigenvalue weighted by Crippen LogP contribution is 2.21. The maximum Gasteiger partial charge on any atom is 0.241 e. The number of amides is 1. The van der Waals surface area contributed by atoms with Gasteiger partial charge in [-0.05, 0) is 67.9 Å². The number of rotatable bonds is 6. The van der Waals surface area contributed by atoms with Gasteiger partial charge < -0.3 is 9.84 Å². The lowest BCUT2D eigenvalue weighted by atomic mass is 9.96. The fourth-order valence-electron chi connectivity index (χ4n) is 3.52. The third-order valence-corrected chi connectivity index (χ3v) is 5.52. The van der Waals surface area contributed by atoms with Gasteiger partial charge in [0.25, 0.3) is 0 Å². The van der Waals surface area contributed by atoms with Crippen molar-refractivity contribution in [2.75, 3.05) is 13.1 Å².